The molecule has 0 fully saturated rings. The van der Waals surface area contributed by atoms with E-state index in [1.54, 1.807) is 0 Å². The number of hydrogen-bond acceptors (Lipinski definition) is 2. The summed E-state index contributed by atoms with van der Waals surface area (Å²) < 4.78 is 25.5. The number of carbonyl (C=O) groups is 1. The van der Waals surface area contributed by atoms with Crippen molar-refractivity contribution in [1.82, 2.24) is 4.98 Å². The van der Waals surface area contributed by atoms with E-state index in [-0.39, 0.29) is 16.5 Å². The van der Waals surface area contributed by atoms with Crippen LogP contribution in [0.25, 0.3) is 0 Å². The van der Waals surface area contributed by atoms with Gasteiger partial charge in [-0.1, -0.05) is 15.9 Å². The van der Waals surface area contributed by atoms with Gasteiger partial charge in [-0.25, -0.2) is 8.78 Å². The maximum atomic E-state index is 12.7. The van der Waals surface area contributed by atoms with Crippen LogP contribution >= 0.6 is 15.9 Å². The molecule has 7 heteroatoms. The highest BCUT2D eigenvalue weighted by Gasteiger charge is 2.21. The van der Waals surface area contributed by atoms with E-state index in [0.29, 0.717) is 0 Å². The highest BCUT2D eigenvalue weighted by atomic mass is 79.9. The summed E-state index contributed by atoms with van der Waals surface area (Å²) in [4.78, 5) is 24.0. The van der Waals surface area contributed by atoms with E-state index < -0.39 is 29.9 Å². The van der Waals surface area contributed by atoms with Gasteiger partial charge in [-0.05, 0) is 5.56 Å². The first-order chi connectivity index (χ1) is 7.47. The highest BCUT2D eigenvalue weighted by Crippen LogP contribution is 2.26. The predicted molar refractivity (Wildman–Crippen MR) is 56.0 cm³/mol. The molecule has 1 aromatic rings. The lowest BCUT2D eigenvalue weighted by Crippen LogP contribution is -2.18. The molecule has 0 aliphatic heterocycles. The molecule has 2 N–H and O–H groups in total. The molecule has 0 unspecified atom stereocenters. The van der Waals surface area contributed by atoms with Gasteiger partial charge >= 0.3 is 5.97 Å². The van der Waals surface area contributed by atoms with Crippen molar-refractivity contribution >= 4 is 21.9 Å². The lowest BCUT2D eigenvalue weighted by Gasteiger charge is -2.10. The lowest BCUT2D eigenvalue weighted by atomic mass is 10.0. The van der Waals surface area contributed by atoms with Crippen molar-refractivity contribution < 1.29 is 18.7 Å². The van der Waals surface area contributed by atoms with Gasteiger partial charge in [0, 0.05) is 22.7 Å². The number of carboxylic acids is 1. The zero-order chi connectivity index (χ0) is 12.3. The zero-order valence-electron chi connectivity index (χ0n) is 7.97. The van der Waals surface area contributed by atoms with Crippen molar-refractivity contribution in [2.75, 3.05) is 0 Å². The van der Waals surface area contributed by atoms with Gasteiger partial charge in [0.05, 0.1) is 6.42 Å². The van der Waals surface area contributed by atoms with Gasteiger partial charge < -0.3 is 10.1 Å². The minimum absolute atomic E-state index is 0.0462. The summed E-state index contributed by atoms with van der Waals surface area (Å²) in [6.07, 6.45) is -2.40. The summed E-state index contributed by atoms with van der Waals surface area (Å²) in [7, 11) is 0. The Balaban J connectivity index is 3.38. The summed E-state index contributed by atoms with van der Waals surface area (Å²) in [5.41, 5.74) is -1.34. The van der Waals surface area contributed by atoms with Crippen LogP contribution in [0.4, 0.5) is 8.78 Å². The average molecular weight is 296 g/mol. The minimum atomic E-state index is -2.87. The monoisotopic (exact) mass is 295 g/mol. The Bertz CT molecular complexity index is 459. The van der Waals surface area contributed by atoms with Crippen molar-refractivity contribution in [2.45, 2.75) is 18.2 Å². The Morgan fingerprint density at radius 3 is 2.62 bits per heavy atom. The van der Waals surface area contributed by atoms with Crippen LogP contribution < -0.4 is 5.56 Å². The average Bonchev–Trinajstić information content (AvgIpc) is 2.18. The molecule has 4 nitrogen and oxygen atoms in total. The van der Waals surface area contributed by atoms with Gasteiger partial charge in [0.25, 0.3) is 12.0 Å². The maximum Gasteiger partial charge on any atom is 0.307 e. The second-order valence-corrected chi connectivity index (χ2v) is 3.60. The number of aromatic amines is 1. The van der Waals surface area contributed by atoms with Crippen LogP contribution in [-0.4, -0.2) is 16.1 Å². The first kappa shape index (κ1) is 12.8. The molecule has 88 valence electrons. The molecule has 0 amide bonds. The standard InChI is InChI=1S/C9H8BrF2NO3/c10-2-5-7(8(11)12)4(1-6(14)15)3-13-9(5)16/h3,8H,1-2H2,(H,13,16)(H,14,15). The van der Waals surface area contributed by atoms with Crippen LogP contribution in [0.1, 0.15) is 23.1 Å². The molecular formula is C9H8BrF2NO3. The third kappa shape index (κ3) is 2.66. The Morgan fingerprint density at radius 2 is 2.19 bits per heavy atom. The number of hydrogen-bond donors (Lipinski definition) is 2. The molecule has 0 saturated carbocycles. The topological polar surface area (TPSA) is 70.2 Å². The molecule has 0 aliphatic rings. The van der Waals surface area contributed by atoms with Gasteiger partial charge in [0.15, 0.2) is 0 Å². The van der Waals surface area contributed by atoms with Crippen molar-refractivity contribution in [3.8, 4) is 0 Å². The fourth-order valence-electron chi connectivity index (χ4n) is 1.35. The van der Waals surface area contributed by atoms with Crippen molar-refractivity contribution in [3.05, 3.63) is 33.2 Å². The molecule has 0 aromatic carbocycles. The Morgan fingerprint density at radius 1 is 1.56 bits per heavy atom. The van der Waals surface area contributed by atoms with E-state index >= 15 is 0 Å². The van der Waals surface area contributed by atoms with Crippen LogP contribution in [0, 0.1) is 0 Å². The molecule has 1 aromatic heterocycles. The van der Waals surface area contributed by atoms with Crippen LogP contribution in [0.5, 0.6) is 0 Å². The minimum Gasteiger partial charge on any atom is -0.481 e. The first-order valence-corrected chi connectivity index (χ1v) is 5.38. The van der Waals surface area contributed by atoms with Crippen LogP contribution in [0.3, 0.4) is 0 Å². The Kier molecular flexibility index (Phi) is 4.17. The van der Waals surface area contributed by atoms with Gasteiger partial charge in [0.2, 0.25) is 0 Å². The Labute approximate surface area is 97.4 Å². The lowest BCUT2D eigenvalue weighted by molar-refractivity contribution is -0.136. The van der Waals surface area contributed by atoms with E-state index in [1.807, 2.05) is 0 Å². The molecular weight excluding hydrogens is 288 g/mol. The molecule has 16 heavy (non-hydrogen) atoms. The number of H-pyrrole nitrogens is 1. The maximum absolute atomic E-state index is 12.7. The first-order valence-electron chi connectivity index (χ1n) is 4.26. The highest BCUT2D eigenvalue weighted by molar-refractivity contribution is 9.08. The second-order valence-electron chi connectivity index (χ2n) is 3.04. The fourth-order valence-corrected chi connectivity index (χ4v) is 1.90. The quantitative estimate of drug-likeness (QED) is 0.833. The largest absolute Gasteiger partial charge is 0.481 e. The zero-order valence-corrected chi connectivity index (χ0v) is 9.55. The molecule has 0 radical (unpaired) electrons. The van der Waals surface area contributed by atoms with Crippen molar-refractivity contribution in [1.29, 1.82) is 0 Å². The van der Waals surface area contributed by atoms with Gasteiger partial charge in [-0.3, -0.25) is 9.59 Å². The third-order valence-electron chi connectivity index (χ3n) is 2.02. The third-order valence-corrected chi connectivity index (χ3v) is 2.58. The number of aliphatic carboxylic acids is 1. The molecule has 1 rings (SSSR count). The van der Waals surface area contributed by atoms with Crippen LogP contribution in [0.15, 0.2) is 11.0 Å². The van der Waals surface area contributed by atoms with Crippen molar-refractivity contribution in [3.63, 3.8) is 0 Å². The molecule has 0 saturated heterocycles. The van der Waals surface area contributed by atoms with Gasteiger partial charge in [-0.15, -0.1) is 0 Å². The molecule has 0 bridgehead atoms. The number of alkyl halides is 3. The number of pyridine rings is 1. The number of carboxylic acid groups (broad SMARTS) is 1. The Hall–Kier alpha value is -1.24. The number of rotatable bonds is 4. The van der Waals surface area contributed by atoms with E-state index in [2.05, 4.69) is 20.9 Å². The van der Waals surface area contributed by atoms with Crippen LogP contribution in [0.2, 0.25) is 0 Å². The van der Waals surface area contributed by atoms with Crippen molar-refractivity contribution in [2.24, 2.45) is 0 Å². The molecule has 1 heterocycles. The SMILES string of the molecule is O=C(O)Cc1c[nH]c(=O)c(CBr)c1C(F)F. The smallest absolute Gasteiger partial charge is 0.307 e. The van der Waals surface area contributed by atoms with Crippen LogP contribution in [-0.2, 0) is 16.5 Å². The molecule has 0 spiro atoms. The molecule has 0 aliphatic carbocycles. The number of aromatic nitrogens is 1. The summed E-state index contributed by atoms with van der Waals surface area (Å²) >= 11 is 2.93. The summed E-state index contributed by atoms with van der Waals surface area (Å²) in [6.45, 7) is 0. The summed E-state index contributed by atoms with van der Waals surface area (Å²) in [6, 6.07) is 0. The van der Waals surface area contributed by atoms with E-state index in [4.69, 9.17) is 5.11 Å². The fraction of sp³-hybridized carbons (Fsp3) is 0.333. The summed E-state index contributed by atoms with van der Waals surface area (Å²) in [5.74, 6) is -1.23. The van der Waals surface area contributed by atoms with E-state index in [9.17, 15) is 18.4 Å². The molecule has 0 atom stereocenters. The summed E-state index contributed by atoms with van der Waals surface area (Å²) in [5, 5.41) is 8.51. The number of nitrogens with one attached hydrogen (secondary N) is 1. The van der Waals surface area contributed by atoms with Gasteiger partial charge in [-0.2, -0.15) is 0 Å². The second kappa shape index (κ2) is 5.20. The van der Waals surface area contributed by atoms with E-state index in [1.165, 1.54) is 0 Å². The van der Waals surface area contributed by atoms with E-state index in [0.717, 1.165) is 6.20 Å². The normalized spacial score (nSPS) is 10.8. The van der Waals surface area contributed by atoms with Gasteiger partial charge in [0.1, 0.15) is 0 Å². The predicted octanol–water partition coefficient (Wildman–Crippen LogP) is 1.83. The number of halogens is 3.